The van der Waals surface area contributed by atoms with Gasteiger partial charge in [0.15, 0.2) is 0 Å². The summed E-state index contributed by atoms with van der Waals surface area (Å²) in [5, 5.41) is 3.32. The molecule has 0 radical (unpaired) electrons. The van der Waals surface area contributed by atoms with Crippen LogP contribution < -0.4 is 5.32 Å². The normalized spacial score (nSPS) is 33.0. The first-order chi connectivity index (χ1) is 12.3. The summed E-state index contributed by atoms with van der Waals surface area (Å²) in [5.74, 6) is 2.11. The number of rotatable bonds is 6. The number of nitrogens with one attached hydrogen (secondary N) is 1. The van der Waals surface area contributed by atoms with Crippen molar-refractivity contribution in [1.82, 2.24) is 10.2 Å². The zero-order valence-corrected chi connectivity index (χ0v) is 14.9. The summed E-state index contributed by atoms with van der Waals surface area (Å²) in [5.41, 5.74) is 0. The molecule has 2 aliphatic heterocycles. The number of likely N-dealkylation sites (tertiary alicyclic amines) is 1. The lowest BCUT2D eigenvalue weighted by atomic mass is 9.67. The molecule has 1 amide bonds. The average molecular weight is 348 g/mol. The van der Waals surface area contributed by atoms with Gasteiger partial charge in [0.05, 0.1) is 25.5 Å². The fourth-order valence-electron chi connectivity index (χ4n) is 4.69. The number of fused-ring (bicyclic) bond motifs is 1. The number of carbonyl (C=O) groups is 1. The molecule has 3 aliphatic rings. The highest BCUT2D eigenvalue weighted by molar-refractivity contribution is 5.79. The molecule has 4 atom stereocenters. The molecule has 3 heterocycles. The summed E-state index contributed by atoms with van der Waals surface area (Å²) in [6.45, 7) is 4.20. The minimum atomic E-state index is 0.123. The first kappa shape index (κ1) is 17.1. The Morgan fingerprint density at radius 3 is 2.92 bits per heavy atom. The number of furan rings is 1. The summed E-state index contributed by atoms with van der Waals surface area (Å²) >= 11 is 0. The third kappa shape index (κ3) is 3.48. The van der Waals surface area contributed by atoms with Gasteiger partial charge in [-0.25, -0.2) is 0 Å². The smallest absolute Gasteiger partial charge is 0.223 e. The molecule has 0 unspecified atom stereocenters. The van der Waals surface area contributed by atoms with Gasteiger partial charge in [0, 0.05) is 37.5 Å². The maximum Gasteiger partial charge on any atom is 0.223 e. The zero-order chi connectivity index (χ0) is 17.2. The minimum absolute atomic E-state index is 0.123. The van der Waals surface area contributed by atoms with Gasteiger partial charge in [0.25, 0.3) is 0 Å². The Kier molecular flexibility index (Phi) is 5.10. The predicted octanol–water partition coefficient (Wildman–Crippen LogP) is 1.66. The van der Waals surface area contributed by atoms with E-state index >= 15 is 0 Å². The second kappa shape index (κ2) is 7.48. The van der Waals surface area contributed by atoms with Crippen LogP contribution in [0.1, 0.15) is 25.0 Å². The van der Waals surface area contributed by atoms with Crippen molar-refractivity contribution in [3.8, 4) is 0 Å². The quantitative estimate of drug-likeness (QED) is 0.847. The van der Waals surface area contributed by atoms with Crippen LogP contribution in [0, 0.1) is 17.8 Å². The molecule has 2 saturated heterocycles. The van der Waals surface area contributed by atoms with Crippen molar-refractivity contribution in [1.29, 1.82) is 0 Å². The van der Waals surface area contributed by atoms with E-state index in [9.17, 15) is 4.79 Å². The van der Waals surface area contributed by atoms with Gasteiger partial charge in [-0.2, -0.15) is 0 Å². The minimum Gasteiger partial charge on any atom is -0.468 e. The van der Waals surface area contributed by atoms with Crippen molar-refractivity contribution in [2.24, 2.45) is 17.8 Å². The van der Waals surface area contributed by atoms with Gasteiger partial charge in [-0.3, -0.25) is 9.69 Å². The molecule has 1 aliphatic carbocycles. The SMILES string of the molecule is COC[C@@H]1[C@H](NC(=O)C2CCN(Cc3ccco3)CC2)[C@@H]2CCO[C@H]12. The third-order valence-corrected chi connectivity index (χ3v) is 6.11. The van der Waals surface area contributed by atoms with Crippen LogP contribution in [-0.2, 0) is 20.8 Å². The van der Waals surface area contributed by atoms with Gasteiger partial charge in [-0.15, -0.1) is 0 Å². The van der Waals surface area contributed by atoms with Crippen molar-refractivity contribution in [3.63, 3.8) is 0 Å². The molecule has 6 nitrogen and oxygen atoms in total. The van der Waals surface area contributed by atoms with Crippen molar-refractivity contribution in [2.45, 2.75) is 38.0 Å². The molecule has 6 heteroatoms. The van der Waals surface area contributed by atoms with Crippen LogP contribution in [0.3, 0.4) is 0 Å². The Labute approximate surface area is 148 Å². The molecule has 4 rings (SSSR count). The van der Waals surface area contributed by atoms with Crippen LogP contribution in [0.5, 0.6) is 0 Å². The molecule has 25 heavy (non-hydrogen) atoms. The van der Waals surface area contributed by atoms with Gasteiger partial charge in [-0.05, 0) is 44.5 Å². The Hall–Kier alpha value is -1.37. The maximum absolute atomic E-state index is 12.7. The Balaban J connectivity index is 1.26. The van der Waals surface area contributed by atoms with E-state index in [1.165, 1.54) is 0 Å². The van der Waals surface area contributed by atoms with E-state index < -0.39 is 0 Å². The number of methoxy groups -OCH3 is 1. The lowest BCUT2D eigenvalue weighted by Gasteiger charge is -2.48. The van der Waals surface area contributed by atoms with E-state index in [2.05, 4.69) is 10.2 Å². The summed E-state index contributed by atoms with van der Waals surface area (Å²) in [6.07, 6.45) is 4.87. The van der Waals surface area contributed by atoms with E-state index in [1.54, 1.807) is 13.4 Å². The summed E-state index contributed by atoms with van der Waals surface area (Å²) < 4.78 is 16.5. The molecule has 0 bridgehead atoms. The molecule has 1 aromatic heterocycles. The largest absolute Gasteiger partial charge is 0.468 e. The lowest BCUT2D eigenvalue weighted by Crippen LogP contribution is -2.63. The lowest BCUT2D eigenvalue weighted by molar-refractivity contribution is -0.134. The summed E-state index contributed by atoms with van der Waals surface area (Å²) in [6, 6.07) is 4.15. The van der Waals surface area contributed by atoms with E-state index in [-0.39, 0.29) is 24.0 Å². The number of hydrogen-bond acceptors (Lipinski definition) is 5. The third-order valence-electron chi connectivity index (χ3n) is 6.11. The van der Waals surface area contributed by atoms with E-state index in [0.717, 1.165) is 51.3 Å². The molecule has 1 saturated carbocycles. The standard InChI is InChI=1S/C19H28N2O4/c1-23-12-16-17(15-6-10-25-18(15)16)20-19(22)13-4-7-21(8-5-13)11-14-3-2-9-24-14/h2-3,9,13,15-18H,4-8,10-12H2,1H3,(H,20,22)/t15-,16+,17+,18-/m0/s1. The topological polar surface area (TPSA) is 63.9 Å². The second-order valence-electron chi connectivity index (χ2n) is 7.57. The van der Waals surface area contributed by atoms with Crippen molar-refractivity contribution in [2.75, 3.05) is 33.4 Å². The molecule has 0 spiro atoms. The van der Waals surface area contributed by atoms with Gasteiger partial charge >= 0.3 is 0 Å². The van der Waals surface area contributed by atoms with Gasteiger partial charge < -0.3 is 19.2 Å². The highest BCUT2D eigenvalue weighted by atomic mass is 16.5. The van der Waals surface area contributed by atoms with Gasteiger partial charge in [0.2, 0.25) is 5.91 Å². The Bertz CT molecular complexity index is 568. The highest BCUT2D eigenvalue weighted by Crippen LogP contribution is 2.44. The predicted molar refractivity (Wildman–Crippen MR) is 91.9 cm³/mol. The number of amides is 1. The van der Waals surface area contributed by atoms with E-state index in [1.807, 2.05) is 12.1 Å². The fraction of sp³-hybridized carbons (Fsp3) is 0.737. The summed E-state index contributed by atoms with van der Waals surface area (Å²) in [4.78, 5) is 15.1. The first-order valence-corrected chi connectivity index (χ1v) is 9.42. The highest BCUT2D eigenvalue weighted by Gasteiger charge is 2.54. The van der Waals surface area contributed by atoms with Crippen molar-refractivity contribution >= 4 is 5.91 Å². The van der Waals surface area contributed by atoms with Gasteiger partial charge in [0.1, 0.15) is 5.76 Å². The monoisotopic (exact) mass is 348 g/mol. The molecule has 1 N–H and O–H groups in total. The molecular formula is C19H28N2O4. The second-order valence-corrected chi connectivity index (χ2v) is 7.57. The Morgan fingerprint density at radius 1 is 1.36 bits per heavy atom. The molecular weight excluding hydrogens is 320 g/mol. The molecule has 3 fully saturated rings. The van der Waals surface area contributed by atoms with Crippen LogP contribution in [0.2, 0.25) is 0 Å². The number of carbonyl (C=O) groups excluding carboxylic acids is 1. The van der Waals surface area contributed by atoms with Crippen LogP contribution in [0.15, 0.2) is 22.8 Å². The maximum atomic E-state index is 12.7. The Morgan fingerprint density at radius 2 is 2.20 bits per heavy atom. The number of piperidine rings is 1. The molecule has 138 valence electrons. The number of hydrogen-bond donors (Lipinski definition) is 1. The number of ether oxygens (including phenoxy) is 2. The van der Waals surface area contributed by atoms with Crippen LogP contribution in [-0.4, -0.2) is 56.4 Å². The fourth-order valence-corrected chi connectivity index (χ4v) is 4.69. The van der Waals surface area contributed by atoms with Crippen LogP contribution >= 0.6 is 0 Å². The van der Waals surface area contributed by atoms with Crippen LogP contribution in [0.25, 0.3) is 0 Å². The van der Waals surface area contributed by atoms with Crippen LogP contribution in [0.4, 0.5) is 0 Å². The number of nitrogens with zero attached hydrogens (tertiary/aromatic N) is 1. The van der Waals surface area contributed by atoms with Crippen molar-refractivity contribution < 1.29 is 18.7 Å². The zero-order valence-electron chi connectivity index (χ0n) is 14.9. The van der Waals surface area contributed by atoms with E-state index in [0.29, 0.717) is 18.4 Å². The first-order valence-electron chi connectivity index (χ1n) is 9.42. The average Bonchev–Trinajstić information content (AvgIpc) is 3.28. The molecule has 0 aromatic carbocycles. The molecule has 1 aromatic rings. The van der Waals surface area contributed by atoms with Crippen molar-refractivity contribution in [3.05, 3.63) is 24.2 Å². The van der Waals surface area contributed by atoms with E-state index in [4.69, 9.17) is 13.9 Å². The summed E-state index contributed by atoms with van der Waals surface area (Å²) in [7, 11) is 1.72. The van der Waals surface area contributed by atoms with Gasteiger partial charge in [-0.1, -0.05) is 0 Å².